The normalized spacial score (nSPS) is 29.7. The van der Waals surface area contributed by atoms with Crippen LogP contribution in [-0.2, 0) is 65.5 Å². The Labute approximate surface area is 599 Å². The summed E-state index contributed by atoms with van der Waals surface area (Å²) in [6, 6.07) is 17.4. The van der Waals surface area contributed by atoms with Crippen LogP contribution in [0.25, 0.3) is 0 Å². The molecule has 25 atom stereocenters. The summed E-state index contributed by atoms with van der Waals surface area (Å²) in [5.41, 5.74) is 19.3. The number of aliphatic hydroxyl groups is 13. The van der Waals surface area contributed by atoms with Gasteiger partial charge in [0.05, 0.1) is 64.8 Å². The van der Waals surface area contributed by atoms with Gasteiger partial charge in [-0.15, -0.1) is 0 Å². The van der Waals surface area contributed by atoms with Crippen LogP contribution in [0.2, 0.25) is 0 Å². The van der Waals surface area contributed by atoms with Crippen LogP contribution < -0.4 is 58.6 Å². The van der Waals surface area contributed by atoms with Gasteiger partial charge in [-0.2, -0.15) is 0 Å². The van der Waals surface area contributed by atoms with Crippen molar-refractivity contribution in [1.82, 2.24) is 36.8 Å². The van der Waals surface area contributed by atoms with Crippen molar-refractivity contribution in [3.05, 3.63) is 126 Å². The Morgan fingerprint density at radius 3 is 1.81 bits per heavy atom. The Hall–Kier alpha value is -8.72. The smallest absolute Gasteiger partial charge is 0.246 e. The van der Waals surface area contributed by atoms with Gasteiger partial charge in [-0.05, 0) is 53.1 Å². The van der Waals surface area contributed by atoms with E-state index in [1.54, 1.807) is 73.7 Å². The van der Waals surface area contributed by atoms with E-state index in [1.165, 1.54) is 24.3 Å². The molecule has 574 valence electrons. The van der Waals surface area contributed by atoms with Crippen LogP contribution in [0.1, 0.15) is 29.5 Å². The summed E-state index contributed by atoms with van der Waals surface area (Å²) >= 11 is 0. The highest BCUT2D eigenvalue weighted by molar-refractivity contribution is 5.97. The van der Waals surface area contributed by atoms with E-state index in [-0.39, 0.29) is 43.3 Å². The quantitative estimate of drug-likeness (QED) is 0.0197. The van der Waals surface area contributed by atoms with Crippen molar-refractivity contribution < 1.29 is 128 Å². The highest BCUT2D eigenvalue weighted by Crippen LogP contribution is 2.33. The third-order valence-corrected chi connectivity index (χ3v) is 18.4. The van der Waals surface area contributed by atoms with Gasteiger partial charge in [-0.1, -0.05) is 79.7 Å². The first kappa shape index (κ1) is 80.4. The number of carbonyl (C=O) groups excluding carboxylic acids is 6. The van der Waals surface area contributed by atoms with Gasteiger partial charge in [0, 0.05) is 12.3 Å². The summed E-state index contributed by atoms with van der Waals surface area (Å²) in [5.74, 6) is -6.25. The molecule has 0 radical (unpaired) electrons. The molecule has 38 nitrogen and oxygen atoms in total. The number of nitrogens with two attached hydrogens (primary N) is 3. The Morgan fingerprint density at radius 2 is 1.18 bits per heavy atom. The Bertz CT molecular complexity index is 3580. The number of guanidine groups is 2. The van der Waals surface area contributed by atoms with Crippen molar-refractivity contribution in [2.24, 2.45) is 27.2 Å². The first-order valence-electron chi connectivity index (χ1n) is 33.5. The molecule has 5 heterocycles. The minimum absolute atomic E-state index is 0.0189. The third-order valence-electron chi connectivity index (χ3n) is 18.4. The number of carbonyl (C=O) groups is 6. The maximum Gasteiger partial charge on any atom is 0.246 e. The topological polar surface area (TPSA) is 608 Å². The third kappa shape index (κ3) is 19.7. The van der Waals surface area contributed by atoms with Crippen LogP contribution in [0, 0.1) is 0 Å². The first-order valence-corrected chi connectivity index (χ1v) is 33.5. The molecule has 105 heavy (non-hydrogen) atoms. The Balaban J connectivity index is 0.933. The number of hydrogen-bond donors (Lipinski definition) is 22. The Kier molecular flexibility index (Phi) is 28.3. The van der Waals surface area contributed by atoms with E-state index in [9.17, 15) is 85.6 Å². The van der Waals surface area contributed by atoms with Crippen molar-refractivity contribution in [1.29, 1.82) is 0 Å². The molecule has 4 aromatic rings. The van der Waals surface area contributed by atoms with E-state index in [0.717, 1.165) is 4.90 Å². The molecule has 5 amide bonds. The second kappa shape index (κ2) is 37.0. The van der Waals surface area contributed by atoms with Crippen LogP contribution >= 0.6 is 0 Å². The maximum absolute atomic E-state index is 15.2. The van der Waals surface area contributed by atoms with E-state index >= 15 is 9.59 Å². The number of aliphatic hydroxyl groups excluding tert-OH is 13. The number of amides is 5. The number of aldehydes is 1. The molecule has 38 heteroatoms. The van der Waals surface area contributed by atoms with Gasteiger partial charge in [0.2, 0.25) is 35.8 Å². The fraction of sp³-hybridized carbons (Fsp3) is 0.522. The highest BCUT2D eigenvalue weighted by atomic mass is 16.7. The number of hydrogen-bond acceptors (Lipinski definition) is 33. The first-order chi connectivity index (χ1) is 50.3. The van der Waals surface area contributed by atoms with Gasteiger partial charge < -0.3 is 158 Å². The average Bonchev–Trinajstić information content (AvgIpc) is 1.76. The van der Waals surface area contributed by atoms with Crippen LogP contribution in [-0.4, -0.2) is 312 Å². The van der Waals surface area contributed by atoms with Gasteiger partial charge in [0.25, 0.3) is 0 Å². The number of benzene rings is 4. The summed E-state index contributed by atoms with van der Waals surface area (Å²) in [6.07, 6.45) is -31.4. The molecule has 4 unspecified atom stereocenters. The monoisotopic (exact) mass is 1480 g/mol. The molecule has 0 spiro atoms. The molecular formula is C67H90N12O26. The zero-order chi connectivity index (χ0) is 75.9. The van der Waals surface area contributed by atoms with Crippen LogP contribution in [0.3, 0.4) is 0 Å². The molecule has 5 aliphatic rings. The number of para-hydroxylation sites is 1. The summed E-state index contributed by atoms with van der Waals surface area (Å²) < 4.78 is 40.9. The van der Waals surface area contributed by atoms with Gasteiger partial charge in [0.15, 0.2) is 24.4 Å². The predicted molar refractivity (Wildman–Crippen MR) is 361 cm³/mol. The zero-order valence-electron chi connectivity index (χ0n) is 56.5. The molecule has 9 rings (SSSR count). The molecule has 0 aromatic heterocycles. The largest absolute Gasteiger partial charge is 0.462 e. The summed E-state index contributed by atoms with van der Waals surface area (Å²) in [6.45, 7) is -2.94. The lowest BCUT2D eigenvalue weighted by atomic mass is 9.92. The highest BCUT2D eigenvalue weighted by Gasteiger charge is 2.54. The van der Waals surface area contributed by atoms with Crippen molar-refractivity contribution in [3.8, 4) is 17.2 Å². The summed E-state index contributed by atoms with van der Waals surface area (Å²) in [5, 5.41) is 158. The number of rotatable bonds is 33. The van der Waals surface area contributed by atoms with Gasteiger partial charge in [-0.25, -0.2) is 0 Å². The SMILES string of the molecule is CC(c1ccccc1)[C@H](NC(=O)CN)C(=O)N[C@H](Cc1ccc(O[C@H]2O[C@H](CO)[C@@H](O[C@H]3O[C@H](COCc4ccc(Oc5ccccc5)cc4)[C@@H](O)[C@H](O)[C@@H]3O)[C@H](O)[C@@H]2O)cc1)C(=O)N[C@H](C(=O)N[C@@H](C(=O)N[C@H](C=O)CO)[C@H](O)C1CN=C(N)N1[C@H]1O[C@H](CO)[C@@H](O)[C@H](O)[C@@H]1O)C(O)C1CN=C(N)N1. The lowest BCUT2D eigenvalue weighted by Gasteiger charge is -2.46. The zero-order valence-corrected chi connectivity index (χ0v) is 56.5. The molecule has 3 saturated heterocycles. The minimum atomic E-state index is -2.30. The van der Waals surface area contributed by atoms with E-state index in [4.69, 9.17) is 50.4 Å². The number of nitrogens with zero attached hydrogens (tertiary/aromatic N) is 3. The number of aliphatic imine (C=N–C) groups is 2. The average molecular weight is 1480 g/mol. The minimum Gasteiger partial charge on any atom is -0.462 e. The molecular weight excluding hydrogens is 1390 g/mol. The van der Waals surface area contributed by atoms with Crippen LogP contribution in [0.4, 0.5) is 0 Å². The number of nitrogens with one attached hydrogen (secondary N) is 6. The second-order valence-electron chi connectivity index (χ2n) is 25.6. The molecule has 3 fully saturated rings. The fourth-order valence-corrected chi connectivity index (χ4v) is 12.4. The van der Waals surface area contributed by atoms with Crippen molar-refractivity contribution in [3.63, 3.8) is 0 Å². The lowest BCUT2D eigenvalue weighted by molar-refractivity contribution is -0.353. The van der Waals surface area contributed by atoms with Crippen molar-refractivity contribution >= 4 is 47.7 Å². The van der Waals surface area contributed by atoms with Gasteiger partial charge >= 0.3 is 0 Å². The van der Waals surface area contributed by atoms with E-state index in [1.807, 2.05) is 18.2 Å². The molecule has 5 aliphatic heterocycles. The van der Waals surface area contributed by atoms with Gasteiger partial charge in [0.1, 0.15) is 139 Å². The van der Waals surface area contributed by atoms with E-state index in [2.05, 4.69) is 41.9 Å². The van der Waals surface area contributed by atoms with Crippen molar-refractivity contribution in [2.75, 3.05) is 46.1 Å². The molecule has 25 N–H and O–H groups in total. The van der Waals surface area contributed by atoms with E-state index in [0.29, 0.717) is 22.6 Å². The second-order valence-corrected chi connectivity index (χ2v) is 25.6. The van der Waals surface area contributed by atoms with Crippen LogP contribution in [0.5, 0.6) is 17.2 Å². The number of ether oxygens (including phenoxy) is 7. The lowest BCUT2D eigenvalue weighted by Crippen LogP contribution is -2.70. The van der Waals surface area contributed by atoms with Crippen molar-refractivity contribution in [2.45, 2.75) is 172 Å². The summed E-state index contributed by atoms with van der Waals surface area (Å²) in [4.78, 5) is 93.3. The molecule has 4 aromatic carbocycles. The molecule has 0 aliphatic carbocycles. The van der Waals surface area contributed by atoms with E-state index < -0.39 is 227 Å². The predicted octanol–water partition coefficient (Wildman–Crippen LogP) is -9.57. The maximum atomic E-state index is 15.2. The molecule has 0 bridgehead atoms. The van der Waals surface area contributed by atoms with Gasteiger partial charge in [-0.3, -0.25) is 34.0 Å². The fourth-order valence-electron chi connectivity index (χ4n) is 12.4. The van der Waals surface area contributed by atoms with Crippen LogP contribution in [0.15, 0.2) is 119 Å². The Morgan fingerprint density at radius 1 is 0.610 bits per heavy atom. The summed E-state index contributed by atoms with van der Waals surface area (Å²) in [7, 11) is 0. The molecule has 0 saturated carbocycles. The standard InChI is InChI=1S/C67H90N12O26/c1-30(33-8-4-2-5-9-33)45(76-44(84)21-68)60(96)74-38(59(95)77-46(48(85)39-22-71-66(69)75-39)62(98)78-47(61(97)73-34(24-80)25-81)49(86)40-23-72-67(70)79(40)63-55(92)52(89)50(87)41(26-82)102-63)20-31-12-16-37(17-13-31)101-64-57(94)54(91)58(42(27-83)103-64)105-65-56(93)53(90)51(88)43(104-65)29-99-28-32-14-18-36(19-15-32)100-35-10-6-3-7-11-35/h2-19,24,30,34,38-43,45-58,63-65,81-83,85-94H,20-23,25-29,68H2,1H3,(H2,70,72)(H,73,97)(H,74,96)(H,76,84)(H,77,95)(H,78,98)(H3,69,71,75)/t30?,34-,38-,39?,40?,41-,42-,43-,45+,46+,47-,48?,49-,50-,51-,52+,53+,54-,55+,56+,57+,58-,63+,64+,65-/m1/s1.